The van der Waals surface area contributed by atoms with Gasteiger partial charge in [-0.15, -0.1) is 0 Å². The summed E-state index contributed by atoms with van der Waals surface area (Å²) in [4.78, 5) is 18.1. The van der Waals surface area contributed by atoms with Crippen molar-refractivity contribution in [1.82, 2.24) is 20.4 Å². The third-order valence-corrected chi connectivity index (χ3v) is 2.89. The van der Waals surface area contributed by atoms with E-state index in [4.69, 9.17) is 4.52 Å². The Hall–Kier alpha value is -1.43. The maximum atomic E-state index is 11.7. The van der Waals surface area contributed by atoms with Crippen LogP contribution in [0.5, 0.6) is 0 Å². The Morgan fingerprint density at radius 1 is 1.40 bits per heavy atom. The summed E-state index contributed by atoms with van der Waals surface area (Å²) in [5.74, 6) is 1.35. The molecule has 1 rings (SSSR count). The quantitative estimate of drug-likeness (QED) is 0.747. The van der Waals surface area contributed by atoms with E-state index in [-0.39, 0.29) is 11.9 Å². The summed E-state index contributed by atoms with van der Waals surface area (Å²) < 4.78 is 5.22. The Labute approximate surface area is 120 Å². The lowest BCUT2D eigenvalue weighted by atomic mass is 10.2. The number of aromatic nitrogens is 2. The van der Waals surface area contributed by atoms with E-state index in [1.54, 1.807) is 0 Å². The van der Waals surface area contributed by atoms with E-state index in [0.717, 1.165) is 31.6 Å². The monoisotopic (exact) mass is 282 g/mol. The molecule has 114 valence electrons. The summed E-state index contributed by atoms with van der Waals surface area (Å²) in [6, 6.07) is 0.158. The van der Waals surface area contributed by atoms with E-state index < -0.39 is 0 Å². The molecule has 1 amide bonds. The van der Waals surface area contributed by atoms with Crippen LogP contribution >= 0.6 is 0 Å². The normalized spacial score (nSPS) is 11.3. The Bertz CT molecular complexity index is 404. The molecule has 1 N–H and O–H groups in total. The molecule has 0 bridgehead atoms. The molecule has 0 saturated carbocycles. The first-order valence-electron chi connectivity index (χ1n) is 7.38. The zero-order valence-corrected chi connectivity index (χ0v) is 13.0. The second-order valence-corrected chi connectivity index (χ2v) is 5.23. The highest BCUT2D eigenvalue weighted by atomic mass is 16.5. The smallest absolute Gasteiger partial charge is 0.240 e. The van der Waals surface area contributed by atoms with Crippen LogP contribution in [0.15, 0.2) is 4.52 Å². The summed E-state index contributed by atoms with van der Waals surface area (Å²) in [5, 5.41) is 6.83. The van der Waals surface area contributed by atoms with Crippen LogP contribution in [0.2, 0.25) is 0 Å². The molecule has 0 atom stereocenters. The largest absolute Gasteiger partial charge is 0.353 e. The topological polar surface area (TPSA) is 71.3 Å². The number of likely N-dealkylation sites (N-methyl/N-ethyl adjacent to an activating group) is 1. The van der Waals surface area contributed by atoms with Gasteiger partial charge in [0.1, 0.15) is 0 Å². The van der Waals surface area contributed by atoms with E-state index in [9.17, 15) is 4.79 Å². The predicted molar refractivity (Wildman–Crippen MR) is 77.1 cm³/mol. The molecule has 0 saturated heterocycles. The zero-order chi connectivity index (χ0) is 15.0. The Morgan fingerprint density at radius 3 is 2.75 bits per heavy atom. The van der Waals surface area contributed by atoms with Gasteiger partial charge in [-0.05, 0) is 26.8 Å². The second-order valence-electron chi connectivity index (χ2n) is 5.23. The average Bonchev–Trinajstić information content (AvgIpc) is 2.82. The van der Waals surface area contributed by atoms with Gasteiger partial charge in [0.2, 0.25) is 11.8 Å². The molecule has 6 nitrogen and oxygen atoms in total. The summed E-state index contributed by atoms with van der Waals surface area (Å²) in [5.41, 5.74) is 0. The first kappa shape index (κ1) is 16.6. The van der Waals surface area contributed by atoms with E-state index >= 15 is 0 Å². The summed E-state index contributed by atoms with van der Waals surface area (Å²) >= 11 is 0. The number of unbranched alkanes of at least 4 members (excludes halogenated alkanes) is 1. The SMILES string of the molecule is CCCCc1noc(CN(CC)CC(=O)NC(C)C)n1. The number of nitrogens with one attached hydrogen (secondary N) is 1. The van der Waals surface area contributed by atoms with E-state index in [1.807, 2.05) is 25.7 Å². The van der Waals surface area contributed by atoms with Gasteiger partial charge in [0, 0.05) is 12.5 Å². The highest BCUT2D eigenvalue weighted by Crippen LogP contribution is 2.05. The maximum Gasteiger partial charge on any atom is 0.240 e. The first-order chi connectivity index (χ1) is 9.55. The van der Waals surface area contributed by atoms with Gasteiger partial charge in [0.25, 0.3) is 0 Å². The van der Waals surface area contributed by atoms with E-state index in [1.165, 1.54) is 0 Å². The molecule has 0 spiro atoms. The fourth-order valence-electron chi connectivity index (χ4n) is 1.83. The van der Waals surface area contributed by atoms with Gasteiger partial charge in [-0.25, -0.2) is 0 Å². The third-order valence-electron chi connectivity index (χ3n) is 2.89. The Morgan fingerprint density at radius 2 is 2.15 bits per heavy atom. The molecule has 1 aromatic rings. The van der Waals surface area contributed by atoms with Gasteiger partial charge >= 0.3 is 0 Å². The summed E-state index contributed by atoms with van der Waals surface area (Å²) in [6.45, 7) is 9.67. The minimum Gasteiger partial charge on any atom is -0.353 e. The van der Waals surface area contributed by atoms with Crippen molar-refractivity contribution in [3.8, 4) is 0 Å². The number of carbonyl (C=O) groups is 1. The number of nitrogens with zero attached hydrogens (tertiary/aromatic N) is 3. The van der Waals surface area contributed by atoms with Crippen LogP contribution in [0.3, 0.4) is 0 Å². The predicted octanol–water partition coefficient (Wildman–Crippen LogP) is 1.76. The van der Waals surface area contributed by atoms with Crippen molar-refractivity contribution < 1.29 is 9.32 Å². The number of carbonyl (C=O) groups excluding carboxylic acids is 1. The van der Waals surface area contributed by atoms with Crippen LogP contribution in [0, 0.1) is 0 Å². The highest BCUT2D eigenvalue weighted by molar-refractivity contribution is 5.78. The molecular formula is C14H26N4O2. The van der Waals surface area contributed by atoms with Gasteiger partial charge in [0.05, 0.1) is 13.1 Å². The lowest BCUT2D eigenvalue weighted by molar-refractivity contribution is -0.122. The maximum absolute atomic E-state index is 11.7. The summed E-state index contributed by atoms with van der Waals surface area (Å²) in [6.07, 6.45) is 3.02. The van der Waals surface area contributed by atoms with Crippen molar-refractivity contribution in [2.24, 2.45) is 0 Å². The minimum atomic E-state index is 0.0209. The number of hydrogen-bond acceptors (Lipinski definition) is 5. The average molecular weight is 282 g/mol. The highest BCUT2D eigenvalue weighted by Gasteiger charge is 2.14. The molecule has 0 unspecified atom stereocenters. The molecule has 1 aromatic heterocycles. The van der Waals surface area contributed by atoms with Crippen molar-refractivity contribution in [2.75, 3.05) is 13.1 Å². The fraction of sp³-hybridized carbons (Fsp3) is 0.786. The van der Waals surface area contributed by atoms with E-state index in [0.29, 0.717) is 19.0 Å². The van der Waals surface area contributed by atoms with Gasteiger partial charge in [0.15, 0.2) is 5.82 Å². The van der Waals surface area contributed by atoms with Gasteiger partial charge < -0.3 is 9.84 Å². The van der Waals surface area contributed by atoms with Crippen LogP contribution in [-0.2, 0) is 17.8 Å². The molecule has 1 heterocycles. The van der Waals surface area contributed by atoms with E-state index in [2.05, 4.69) is 22.4 Å². The van der Waals surface area contributed by atoms with Crippen LogP contribution in [0.4, 0.5) is 0 Å². The number of amides is 1. The second kappa shape index (κ2) is 8.68. The lowest BCUT2D eigenvalue weighted by Gasteiger charge is -2.18. The third kappa shape index (κ3) is 6.14. The van der Waals surface area contributed by atoms with Gasteiger partial charge in [-0.2, -0.15) is 4.98 Å². The summed E-state index contributed by atoms with van der Waals surface area (Å²) in [7, 11) is 0. The number of hydrogen-bond donors (Lipinski definition) is 1. The van der Waals surface area contributed by atoms with Crippen LogP contribution < -0.4 is 5.32 Å². The molecule has 0 aromatic carbocycles. The van der Waals surface area contributed by atoms with Crippen molar-refractivity contribution >= 4 is 5.91 Å². The van der Waals surface area contributed by atoms with Crippen molar-refractivity contribution in [3.05, 3.63) is 11.7 Å². The number of aryl methyl sites for hydroxylation is 1. The zero-order valence-electron chi connectivity index (χ0n) is 13.0. The number of rotatable bonds is 9. The van der Waals surface area contributed by atoms with Crippen molar-refractivity contribution in [2.45, 2.75) is 59.5 Å². The Kier molecular flexibility index (Phi) is 7.22. The Balaban J connectivity index is 2.46. The fourth-order valence-corrected chi connectivity index (χ4v) is 1.83. The molecule has 6 heteroatoms. The van der Waals surface area contributed by atoms with Crippen molar-refractivity contribution in [1.29, 1.82) is 0 Å². The van der Waals surface area contributed by atoms with Crippen LogP contribution in [0.25, 0.3) is 0 Å². The molecule has 0 aliphatic heterocycles. The molecule has 0 aliphatic carbocycles. The van der Waals surface area contributed by atoms with Crippen molar-refractivity contribution in [3.63, 3.8) is 0 Å². The molecule has 0 fully saturated rings. The minimum absolute atomic E-state index is 0.0209. The van der Waals surface area contributed by atoms with Gasteiger partial charge in [-0.3, -0.25) is 9.69 Å². The molecule has 0 aliphatic rings. The first-order valence-corrected chi connectivity index (χ1v) is 7.38. The van der Waals surface area contributed by atoms with Crippen LogP contribution in [-0.4, -0.2) is 40.1 Å². The van der Waals surface area contributed by atoms with Crippen LogP contribution in [0.1, 0.15) is 52.3 Å². The molecule has 0 radical (unpaired) electrons. The lowest BCUT2D eigenvalue weighted by Crippen LogP contribution is -2.39. The molecule has 20 heavy (non-hydrogen) atoms. The molecular weight excluding hydrogens is 256 g/mol. The van der Waals surface area contributed by atoms with Gasteiger partial charge in [-0.1, -0.05) is 25.4 Å². The standard InChI is InChI=1S/C14H26N4O2/c1-5-7-8-12-16-14(20-17-12)10-18(6-2)9-13(19)15-11(3)4/h11H,5-10H2,1-4H3,(H,15,19).